The summed E-state index contributed by atoms with van der Waals surface area (Å²) in [5.41, 5.74) is 1.35. The molecule has 1 N–H and O–H groups in total. The summed E-state index contributed by atoms with van der Waals surface area (Å²) in [4.78, 5) is 29.3. The highest BCUT2D eigenvalue weighted by molar-refractivity contribution is 6.43. The van der Waals surface area contributed by atoms with Gasteiger partial charge in [0.05, 0.1) is 29.1 Å². The summed E-state index contributed by atoms with van der Waals surface area (Å²) < 4.78 is 22.2. The van der Waals surface area contributed by atoms with Gasteiger partial charge in [0.2, 0.25) is 0 Å². The molecule has 8 nitrogen and oxygen atoms in total. The predicted molar refractivity (Wildman–Crippen MR) is 145 cm³/mol. The molecule has 0 atom stereocenters. The van der Waals surface area contributed by atoms with Gasteiger partial charge >= 0.3 is 5.97 Å². The van der Waals surface area contributed by atoms with E-state index in [0.29, 0.717) is 45.9 Å². The van der Waals surface area contributed by atoms with Crippen LogP contribution < -0.4 is 19.5 Å². The fraction of sp³-hybridized carbons (Fsp3) is 0.179. The SMILES string of the molecule is CNC(=O)c1cc2c(Oc3ccc(CC(=O)Oc4ccccc4)c(Cl)c3Cl)ccnc2cc1OCCOC. The standard InChI is InChI=1S/C28H24Cl2N2O6/c1-31-28(34)20-15-19-21(16-24(20)36-13-12-35-2)32-11-10-22(19)38-23-9-8-17(26(29)27(23)30)14-25(33)37-18-6-4-3-5-7-18/h3-11,15-16H,12-14H2,1-2H3,(H,31,34). The highest BCUT2D eigenvalue weighted by Crippen LogP contribution is 2.40. The number of fused-ring (bicyclic) bond motifs is 1. The zero-order valence-electron chi connectivity index (χ0n) is 20.6. The molecule has 1 heterocycles. The van der Waals surface area contributed by atoms with E-state index in [1.165, 1.54) is 7.05 Å². The van der Waals surface area contributed by atoms with Crippen LogP contribution in [0.15, 0.2) is 66.9 Å². The Morgan fingerprint density at radius 3 is 2.45 bits per heavy atom. The summed E-state index contributed by atoms with van der Waals surface area (Å²) in [6.07, 6.45) is 1.49. The van der Waals surface area contributed by atoms with E-state index in [9.17, 15) is 9.59 Å². The summed E-state index contributed by atoms with van der Waals surface area (Å²) in [5, 5.41) is 3.48. The Hall–Kier alpha value is -3.85. The second-order valence-electron chi connectivity index (χ2n) is 8.01. The first kappa shape index (κ1) is 27.2. The van der Waals surface area contributed by atoms with Crippen molar-refractivity contribution in [1.29, 1.82) is 0 Å². The van der Waals surface area contributed by atoms with Crippen molar-refractivity contribution in [2.45, 2.75) is 6.42 Å². The van der Waals surface area contributed by atoms with Gasteiger partial charge in [0.25, 0.3) is 5.91 Å². The smallest absolute Gasteiger partial charge is 0.315 e. The van der Waals surface area contributed by atoms with Crippen LogP contribution in [-0.4, -0.2) is 44.2 Å². The Kier molecular flexibility index (Phi) is 9.02. The third-order valence-corrected chi connectivity index (χ3v) is 6.38. The van der Waals surface area contributed by atoms with Crippen LogP contribution in [0.3, 0.4) is 0 Å². The van der Waals surface area contributed by atoms with Gasteiger partial charge in [-0.15, -0.1) is 0 Å². The molecule has 1 amide bonds. The number of nitrogens with one attached hydrogen (secondary N) is 1. The third kappa shape index (κ3) is 6.34. The van der Waals surface area contributed by atoms with E-state index in [1.807, 2.05) is 6.07 Å². The number of aromatic nitrogens is 1. The highest BCUT2D eigenvalue weighted by Gasteiger charge is 2.19. The van der Waals surface area contributed by atoms with Gasteiger partial charge in [0, 0.05) is 31.8 Å². The number of amides is 1. The van der Waals surface area contributed by atoms with E-state index < -0.39 is 5.97 Å². The van der Waals surface area contributed by atoms with Crippen molar-refractivity contribution in [3.63, 3.8) is 0 Å². The molecule has 0 bridgehead atoms. The predicted octanol–water partition coefficient (Wildman–Crippen LogP) is 5.87. The monoisotopic (exact) mass is 554 g/mol. The molecule has 0 fully saturated rings. The summed E-state index contributed by atoms with van der Waals surface area (Å²) in [5.74, 6) is 0.665. The Morgan fingerprint density at radius 1 is 0.921 bits per heavy atom. The first-order valence-electron chi connectivity index (χ1n) is 11.6. The van der Waals surface area contributed by atoms with Crippen molar-refractivity contribution in [1.82, 2.24) is 10.3 Å². The number of rotatable bonds is 10. The molecule has 0 spiro atoms. The number of hydrogen-bond donors (Lipinski definition) is 1. The second-order valence-corrected chi connectivity index (χ2v) is 8.77. The average molecular weight is 555 g/mol. The van der Waals surface area contributed by atoms with E-state index >= 15 is 0 Å². The van der Waals surface area contributed by atoms with Crippen molar-refractivity contribution >= 4 is 46.0 Å². The van der Waals surface area contributed by atoms with E-state index in [2.05, 4.69) is 10.3 Å². The number of nitrogens with zero attached hydrogens (tertiary/aromatic N) is 1. The van der Waals surface area contributed by atoms with Crippen LogP contribution >= 0.6 is 23.2 Å². The van der Waals surface area contributed by atoms with Gasteiger partial charge in [-0.2, -0.15) is 0 Å². The average Bonchev–Trinajstić information content (AvgIpc) is 2.92. The van der Waals surface area contributed by atoms with Crippen LogP contribution in [0.2, 0.25) is 10.0 Å². The first-order valence-corrected chi connectivity index (χ1v) is 12.3. The Labute approximate surface area is 229 Å². The molecule has 0 aliphatic carbocycles. The lowest BCUT2D eigenvalue weighted by atomic mass is 10.1. The molecule has 10 heteroatoms. The van der Waals surface area contributed by atoms with E-state index in [0.717, 1.165) is 0 Å². The maximum Gasteiger partial charge on any atom is 0.315 e. The van der Waals surface area contributed by atoms with E-state index in [1.54, 1.807) is 67.9 Å². The Balaban J connectivity index is 1.60. The van der Waals surface area contributed by atoms with Gasteiger partial charge in [0.1, 0.15) is 34.6 Å². The summed E-state index contributed by atoms with van der Waals surface area (Å²) in [6, 6.07) is 17.0. The van der Waals surface area contributed by atoms with Crippen LogP contribution in [0.5, 0.6) is 23.0 Å². The molecular formula is C28H24Cl2N2O6. The second kappa shape index (κ2) is 12.6. The summed E-state index contributed by atoms with van der Waals surface area (Å²) >= 11 is 13.0. The van der Waals surface area contributed by atoms with Gasteiger partial charge < -0.3 is 24.3 Å². The molecule has 1 aromatic heterocycles. The van der Waals surface area contributed by atoms with Crippen molar-refractivity contribution in [3.05, 3.63) is 88.0 Å². The van der Waals surface area contributed by atoms with Gasteiger partial charge in [-0.1, -0.05) is 47.5 Å². The normalized spacial score (nSPS) is 10.7. The first-order chi connectivity index (χ1) is 18.4. The lowest BCUT2D eigenvalue weighted by Crippen LogP contribution is -2.19. The van der Waals surface area contributed by atoms with Crippen LogP contribution in [-0.2, 0) is 16.0 Å². The molecule has 0 aliphatic rings. The number of esters is 1. The maximum atomic E-state index is 12.6. The van der Waals surface area contributed by atoms with Gasteiger partial charge in [-0.05, 0) is 35.9 Å². The van der Waals surface area contributed by atoms with Crippen molar-refractivity contribution < 1.29 is 28.5 Å². The Morgan fingerprint density at radius 2 is 1.71 bits per heavy atom. The lowest BCUT2D eigenvalue weighted by Gasteiger charge is -2.15. The number of carbonyl (C=O) groups excluding carboxylic acids is 2. The minimum Gasteiger partial charge on any atom is -0.490 e. The molecule has 38 heavy (non-hydrogen) atoms. The van der Waals surface area contributed by atoms with Crippen molar-refractivity contribution in [3.8, 4) is 23.0 Å². The maximum absolute atomic E-state index is 12.6. The van der Waals surface area contributed by atoms with Crippen LogP contribution in [0.25, 0.3) is 10.9 Å². The molecule has 4 aromatic rings. The fourth-order valence-corrected chi connectivity index (χ4v) is 4.07. The minimum absolute atomic E-state index is 0.0761. The topological polar surface area (TPSA) is 96.0 Å². The molecule has 0 unspecified atom stereocenters. The largest absolute Gasteiger partial charge is 0.490 e. The molecule has 4 rings (SSSR count). The Bertz CT molecular complexity index is 1460. The van der Waals surface area contributed by atoms with Gasteiger partial charge in [-0.3, -0.25) is 14.6 Å². The third-order valence-electron chi connectivity index (χ3n) is 5.48. The molecule has 0 saturated carbocycles. The quantitative estimate of drug-likeness (QED) is 0.149. The van der Waals surface area contributed by atoms with E-state index in [-0.39, 0.29) is 34.7 Å². The van der Waals surface area contributed by atoms with Crippen LogP contribution in [0.4, 0.5) is 0 Å². The van der Waals surface area contributed by atoms with Gasteiger partial charge in [-0.25, -0.2) is 0 Å². The summed E-state index contributed by atoms with van der Waals surface area (Å²) in [7, 11) is 3.10. The lowest BCUT2D eigenvalue weighted by molar-refractivity contribution is -0.133. The number of carbonyl (C=O) groups is 2. The molecule has 196 valence electrons. The molecular weight excluding hydrogens is 531 g/mol. The molecule has 0 aliphatic heterocycles. The number of benzene rings is 3. The number of ether oxygens (including phenoxy) is 4. The van der Waals surface area contributed by atoms with Crippen LogP contribution in [0, 0.1) is 0 Å². The molecule has 3 aromatic carbocycles. The number of hydrogen-bond acceptors (Lipinski definition) is 7. The van der Waals surface area contributed by atoms with Crippen LogP contribution in [0.1, 0.15) is 15.9 Å². The highest BCUT2D eigenvalue weighted by atomic mass is 35.5. The van der Waals surface area contributed by atoms with Crippen molar-refractivity contribution in [2.24, 2.45) is 0 Å². The zero-order chi connectivity index (χ0) is 27.1. The summed E-state index contributed by atoms with van der Waals surface area (Å²) in [6.45, 7) is 0.628. The van der Waals surface area contributed by atoms with Gasteiger partial charge in [0.15, 0.2) is 0 Å². The minimum atomic E-state index is -0.479. The number of pyridine rings is 1. The zero-order valence-corrected chi connectivity index (χ0v) is 22.1. The fourth-order valence-electron chi connectivity index (χ4n) is 3.62. The van der Waals surface area contributed by atoms with E-state index in [4.69, 9.17) is 42.1 Å². The molecule has 0 saturated heterocycles. The number of para-hydroxylation sites is 1. The number of halogens is 2. The number of methoxy groups -OCH3 is 1. The van der Waals surface area contributed by atoms with Crippen molar-refractivity contribution in [2.75, 3.05) is 27.4 Å². The molecule has 0 radical (unpaired) electrons.